The predicted octanol–water partition coefficient (Wildman–Crippen LogP) is 3.74. The lowest BCUT2D eigenvalue weighted by molar-refractivity contribution is 0.0704. The Kier molecular flexibility index (Phi) is 6.80. The molecular formula is C24H29N5O3. The zero-order valence-electron chi connectivity index (χ0n) is 18.8. The predicted molar refractivity (Wildman–Crippen MR) is 121 cm³/mol. The van der Waals surface area contributed by atoms with Crippen molar-refractivity contribution in [1.29, 1.82) is 0 Å². The van der Waals surface area contributed by atoms with Crippen LogP contribution in [0.5, 0.6) is 5.75 Å². The molecule has 1 amide bonds. The molecule has 3 heterocycles. The lowest BCUT2D eigenvalue weighted by Crippen LogP contribution is -2.38. The van der Waals surface area contributed by atoms with E-state index in [4.69, 9.17) is 14.5 Å². The molecule has 0 atom stereocenters. The zero-order valence-corrected chi connectivity index (χ0v) is 18.8. The number of aromatic nitrogens is 4. The molecule has 0 radical (unpaired) electrons. The number of likely N-dealkylation sites (tertiary alicyclic amines) is 1. The molecule has 168 valence electrons. The minimum atomic E-state index is -0.0292. The molecule has 0 saturated carbocycles. The fourth-order valence-corrected chi connectivity index (χ4v) is 4.08. The van der Waals surface area contributed by atoms with Crippen LogP contribution in [0.2, 0.25) is 0 Å². The van der Waals surface area contributed by atoms with Gasteiger partial charge in [0.25, 0.3) is 5.91 Å². The summed E-state index contributed by atoms with van der Waals surface area (Å²) in [5.41, 5.74) is 4.22. The topological polar surface area (TPSA) is 93.2 Å². The number of aryl methyl sites for hydroxylation is 1. The molecule has 1 aromatic carbocycles. The van der Waals surface area contributed by atoms with Gasteiger partial charge in [0.15, 0.2) is 0 Å². The summed E-state index contributed by atoms with van der Waals surface area (Å²) in [5, 5.41) is 7.23. The molecule has 1 saturated heterocycles. The minimum Gasteiger partial charge on any atom is -0.497 e. The molecule has 8 nitrogen and oxygen atoms in total. The first-order valence-corrected chi connectivity index (χ1v) is 11.0. The van der Waals surface area contributed by atoms with Crippen molar-refractivity contribution in [1.82, 2.24) is 25.1 Å². The van der Waals surface area contributed by atoms with Crippen molar-refractivity contribution in [3.63, 3.8) is 0 Å². The Morgan fingerprint density at radius 1 is 1.25 bits per heavy atom. The van der Waals surface area contributed by atoms with Crippen molar-refractivity contribution in [2.75, 3.05) is 26.8 Å². The summed E-state index contributed by atoms with van der Waals surface area (Å²) >= 11 is 0. The number of nitrogens with one attached hydrogen (secondary N) is 1. The van der Waals surface area contributed by atoms with Gasteiger partial charge >= 0.3 is 0 Å². The van der Waals surface area contributed by atoms with Gasteiger partial charge < -0.3 is 14.4 Å². The molecule has 2 aromatic heterocycles. The van der Waals surface area contributed by atoms with Crippen LogP contribution in [-0.4, -0.2) is 57.8 Å². The van der Waals surface area contributed by atoms with Gasteiger partial charge in [-0.1, -0.05) is 12.1 Å². The smallest absolute Gasteiger partial charge is 0.271 e. The summed E-state index contributed by atoms with van der Waals surface area (Å²) in [6.45, 7) is 6.41. The first-order chi connectivity index (χ1) is 15.6. The summed E-state index contributed by atoms with van der Waals surface area (Å²) in [6, 6.07) is 9.44. The van der Waals surface area contributed by atoms with Crippen molar-refractivity contribution in [2.45, 2.75) is 39.2 Å². The Morgan fingerprint density at radius 3 is 2.81 bits per heavy atom. The van der Waals surface area contributed by atoms with E-state index in [2.05, 4.69) is 15.2 Å². The summed E-state index contributed by atoms with van der Waals surface area (Å²) in [4.78, 5) is 24.0. The zero-order chi connectivity index (χ0) is 22.5. The van der Waals surface area contributed by atoms with Crippen LogP contribution in [0.3, 0.4) is 0 Å². The average Bonchev–Trinajstić information content (AvgIpc) is 3.33. The Bertz CT molecular complexity index is 1070. The second-order valence-corrected chi connectivity index (χ2v) is 7.93. The molecule has 1 aliphatic rings. The third-order valence-electron chi connectivity index (χ3n) is 5.82. The number of carbonyl (C=O) groups is 1. The van der Waals surface area contributed by atoms with Crippen LogP contribution in [0, 0.1) is 6.92 Å². The molecule has 1 fully saturated rings. The fourth-order valence-electron chi connectivity index (χ4n) is 4.08. The van der Waals surface area contributed by atoms with Crippen LogP contribution in [0.25, 0.3) is 11.3 Å². The van der Waals surface area contributed by atoms with E-state index in [-0.39, 0.29) is 5.91 Å². The Morgan fingerprint density at radius 2 is 2.06 bits per heavy atom. The number of methoxy groups -OCH3 is 1. The van der Waals surface area contributed by atoms with E-state index in [0.717, 1.165) is 46.9 Å². The number of benzene rings is 1. The maximum Gasteiger partial charge on any atom is 0.271 e. The normalized spacial score (nSPS) is 14.5. The summed E-state index contributed by atoms with van der Waals surface area (Å²) in [6.07, 6.45) is 3.59. The Balaban J connectivity index is 1.42. The molecule has 0 spiro atoms. The first kappa shape index (κ1) is 22.0. The van der Waals surface area contributed by atoms with Gasteiger partial charge in [0.05, 0.1) is 25.1 Å². The molecule has 3 aromatic rings. The van der Waals surface area contributed by atoms with E-state index in [1.807, 2.05) is 49.2 Å². The van der Waals surface area contributed by atoms with Gasteiger partial charge in [0.2, 0.25) is 0 Å². The molecule has 1 N–H and O–H groups in total. The van der Waals surface area contributed by atoms with Crippen LogP contribution in [-0.2, 0) is 11.3 Å². The third kappa shape index (κ3) is 4.80. The van der Waals surface area contributed by atoms with Crippen molar-refractivity contribution < 1.29 is 14.3 Å². The van der Waals surface area contributed by atoms with Crippen molar-refractivity contribution in [3.8, 4) is 17.0 Å². The maximum absolute atomic E-state index is 13.1. The molecule has 0 aliphatic carbocycles. The highest BCUT2D eigenvalue weighted by Gasteiger charge is 2.28. The van der Waals surface area contributed by atoms with Crippen molar-refractivity contribution in [2.24, 2.45) is 0 Å². The first-order valence-electron chi connectivity index (χ1n) is 11.0. The molecular weight excluding hydrogens is 406 g/mol. The second kappa shape index (κ2) is 9.91. The Labute approximate surface area is 188 Å². The molecule has 8 heteroatoms. The van der Waals surface area contributed by atoms with Gasteiger partial charge in [-0.05, 0) is 44.9 Å². The third-order valence-corrected chi connectivity index (χ3v) is 5.82. The summed E-state index contributed by atoms with van der Waals surface area (Å²) in [7, 11) is 1.63. The van der Waals surface area contributed by atoms with Crippen LogP contribution in [0.4, 0.5) is 0 Å². The van der Waals surface area contributed by atoms with E-state index in [0.29, 0.717) is 37.9 Å². The number of carbonyl (C=O) groups excluding carboxylic acids is 1. The summed E-state index contributed by atoms with van der Waals surface area (Å²) < 4.78 is 10.9. The number of rotatable bonds is 7. The van der Waals surface area contributed by atoms with Crippen molar-refractivity contribution in [3.05, 3.63) is 59.3 Å². The fraction of sp³-hybridized carbons (Fsp3) is 0.417. The average molecular weight is 436 g/mol. The van der Waals surface area contributed by atoms with Crippen LogP contribution in [0.15, 0.2) is 36.5 Å². The molecule has 4 rings (SSSR count). The van der Waals surface area contributed by atoms with E-state index in [1.54, 1.807) is 13.2 Å². The summed E-state index contributed by atoms with van der Waals surface area (Å²) in [5.74, 6) is 1.79. The number of aromatic amines is 1. The second-order valence-electron chi connectivity index (χ2n) is 7.93. The molecule has 32 heavy (non-hydrogen) atoms. The van der Waals surface area contributed by atoms with Crippen LogP contribution >= 0.6 is 0 Å². The number of nitrogens with zero attached hydrogens (tertiary/aromatic N) is 4. The van der Waals surface area contributed by atoms with Crippen LogP contribution in [0.1, 0.15) is 53.3 Å². The highest BCUT2D eigenvalue weighted by atomic mass is 16.5. The van der Waals surface area contributed by atoms with Crippen molar-refractivity contribution >= 4 is 5.91 Å². The van der Waals surface area contributed by atoms with Gasteiger partial charge in [0, 0.05) is 42.9 Å². The number of H-pyrrole nitrogens is 1. The molecule has 1 aliphatic heterocycles. The van der Waals surface area contributed by atoms with Gasteiger partial charge in [0.1, 0.15) is 17.3 Å². The molecule has 0 bridgehead atoms. The van der Waals surface area contributed by atoms with E-state index in [1.165, 1.54) is 0 Å². The van der Waals surface area contributed by atoms with Gasteiger partial charge in [-0.3, -0.25) is 9.89 Å². The highest BCUT2D eigenvalue weighted by Crippen LogP contribution is 2.30. The van der Waals surface area contributed by atoms with Gasteiger partial charge in [-0.2, -0.15) is 5.10 Å². The van der Waals surface area contributed by atoms with Gasteiger partial charge in [-0.15, -0.1) is 0 Å². The lowest BCUT2D eigenvalue weighted by Gasteiger charge is -2.32. The largest absolute Gasteiger partial charge is 0.497 e. The number of hydrogen-bond donors (Lipinski definition) is 1. The quantitative estimate of drug-likeness (QED) is 0.608. The Hall–Kier alpha value is -3.26. The van der Waals surface area contributed by atoms with E-state index >= 15 is 0 Å². The number of ether oxygens (including phenoxy) is 2. The van der Waals surface area contributed by atoms with Gasteiger partial charge in [-0.25, -0.2) is 9.97 Å². The SMILES string of the molecule is CCOCc1cnc(C)nc1C1CCN(C(=O)c2cc(-c3cccc(OC)c3)n[nH]2)CC1. The number of hydrogen-bond acceptors (Lipinski definition) is 6. The minimum absolute atomic E-state index is 0.0292. The lowest BCUT2D eigenvalue weighted by atomic mass is 9.90. The van der Waals surface area contributed by atoms with E-state index < -0.39 is 0 Å². The standard InChI is InChI=1S/C24H29N5O3/c1-4-32-15-19-14-25-16(2)26-23(19)17-8-10-29(11-9-17)24(30)22-13-21(27-28-22)18-6-5-7-20(12-18)31-3/h5-7,12-14,17H,4,8-11,15H2,1-3H3,(H,27,28). The number of amides is 1. The maximum atomic E-state index is 13.1. The molecule has 0 unspecified atom stereocenters. The van der Waals surface area contributed by atoms with E-state index in [9.17, 15) is 4.79 Å². The van der Waals surface area contributed by atoms with Crippen LogP contribution < -0.4 is 4.74 Å². The monoisotopic (exact) mass is 435 g/mol. The number of piperidine rings is 1. The highest BCUT2D eigenvalue weighted by molar-refractivity contribution is 5.93.